The SMILES string of the molecule is C=C(C)CCc1c(OC)cc(C=Cc2ccccc2OC=O)c(C(=O)OC)c1O. The number of esters is 1. The Morgan fingerprint density at radius 2 is 1.83 bits per heavy atom. The Morgan fingerprint density at radius 1 is 1.14 bits per heavy atom. The van der Waals surface area contributed by atoms with Crippen molar-refractivity contribution >= 4 is 24.6 Å². The van der Waals surface area contributed by atoms with Crippen molar-refractivity contribution in [2.75, 3.05) is 14.2 Å². The van der Waals surface area contributed by atoms with Gasteiger partial charge in [-0.05, 0) is 37.5 Å². The summed E-state index contributed by atoms with van der Waals surface area (Å²) < 4.78 is 15.3. The van der Waals surface area contributed by atoms with Crippen molar-refractivity contribution in [3.8, 4) is 17.2 Å². The Labute approximate surface area is 170 Å². The second kappa shape index (κ2) is 10.1. The Bertz CT molecular complexity index is 943. The van der Waals surface area contributed by atoms with Gasteiger partial charge in [0.25, 0.3) is 6.47 Å². The van der Waals surface area contributed by atoms with Gasteiger partial charge in [-0.25, -0.2) is 4.79 Å². The molecule has 0 atom stereocenters. The van der Waals surface area contributed by atoms with Gasteiger partial charge in [0.2, 0.25) is 0 Å². The summed E-state index contributed by atoms with van der Waals surface area (Å²) in [6.45, 7) is 6.11. The van der Waals surface area contributed by atoms with Gasteiger partial charge in [-0.1, -0.05) is 35.9 Å². The second-order valence-corrected chi connectivity index (χ2v) is 6.40. The van der Waals surface area contributed by atoms with Gasteiger partial charge >= 0.3 is 5.97 Å². The minimum Gasteiger partial charge on any atom is -0.507 e. The maximum absolute atomic E-state index is 12.4. The molecule has 0 radical (unpaired) electrons. The lowest BCUT2D eigenvalue weighted by Crippen LogP contribution is -2.07. The lowest BCUT2D eigenvalue weighted by atomic mass is 9.96. The van der Waals surface area contributed by atoms with E-state index in [1.165, 1.54) is 14.2 Å². The topological polar surface area (TPSA) is 82.1 Å². The number of benzene rings is 2. The number of phenolic OH excluding ortho intramolecular Hbond substituents is 1. The smallest absolute Gasteiger partial charge is 0.342 e. The van der Waals surface area contributed by atoms with Crippen LogP contribution in [0.25, 0.3) is 12.2 Å². The number of hydrogen-bond donors (Lipinski definition) is 1. The molecule has 2 aromatic carbocycles. The van der Waals surface area contributed by atoms with Gasteiger partial charge in [0, 0.05) is 11.1 Å². The first kappa shape index (κ1) is 21.8. The van der Waals surface area contributed by atoms with Crippen LogP contribution in [0.5, 0.6) is 17.2 Å². The molecule has 0 aliphatic heterocycles. The standard InChI is InChI=1S/C23H24O6/c1-15(2)9-12-18-20(27-3)13-17(21(22(18)25)23(26)28-4)11-10-16-7-5-6-8-19(16)29-14-24/h5-8,10-11,13-14,25H,1,9,12H2,2-4H3. The molecule has 0 saturated heterocycles. The van der Waals surface area contributed by atoms with Gasteiger partial charge in [0.05, 0.1) is 14.2 Å². The monoisotopic (exact) mass is 396 g/mol. The number of aromatic hydroxyl groups is 1. The zero-order chi connectivity index (χ0) is 21.4. The van der Waals surface area contributed by atoms with Gasteiger partial charge in [-0.15, -0.1) is 6.58 Å². The molecule has 0 aromatic heterocycles. The summed E-state index contributed by atoms with van der Waals surface area (Å²) in [5.74, 6) is -0.0329. The van der Waals surface area contributed by atoms with Gasteiger partial charge in [-0.2, -0.15) is 0 Å². The minimum atomic E-state index is -0.668. The van der Waals surface area contributed by atoms with Crippen LogP contribution < -0.4 is 9.47 Å². The molecule has 0 saturated carbocycles. The fourth-order valence-corrected chi connectivity index (χ4v) is 2.87. The van der Waals surface area contributed by atoms with Crippen LogP contribution in [-0.2, 0) is 16.0 Å². The summed E-state index contributed by atoms with van der Waals surface area (Å²) in [7, 11) is 2.75. The fourth-order valence-electron chi connectivity index (χ4n) is 2.87. The molecule has 6 heteroatoms. The molecule has 0 amide bonds. The first-order valence-corrected chi connectivity index (χ1v) is 8.95. The number of ether oxygens (including phenoxy) is 3. The highest BCUT2D eigenvalue weighted by molar-refractivity contribution is 5.98. The lowest BCUT2D eigenvalue weighted by molar-refractivity contribution is -0.120. The molecule has 6 nitrogen and oxygen atoms in total. The maximum atomic E-state index is 12.4. The van der Waals surface area contributed by atoms with Crippen molar-refractivity contribution in [1.82, 2.24) is 0 Å². The number of phenols is 1. The van der Waals surface area contributed by atoms with E-state index in [0.29, 0.717) is 47.5 Å². The van der Waals surface area contributed by atoms with Gasteiger partial charge < -0.3 is 19.3 Å². The van der Waals surface area contributed by atoms with E-state index >= 15 is 0 Å². The molecule has 29 heavy (non-hydrogen) atoms. The molecule has 2 rings (SSSR count). The van der Waals surface area contributed by atoms with E-state index in [9.17, 15) is 14.7 Å². The normalized spacial score (nSPS) is 10.6. The van der Waals surface area contributed by atoms with E-state index in [0.717, 1.165) is 5.57 Å². The van der Waals surface area contributed by atoms with Crippen LogP contribution in [0, 0.1) is 0 Å². The van der Waals surface area contributed by atoms with E-state index < -0.39 is 5.97 Å². The molecule has 0 aliphatic carbocycles. The number of hydrogen-bond acceptors (Lipinski definition) is 6. The number of allylic oxidation sites excluding steroid dienone is 1. The molecule has 0 unspecified atom stereocenters. The summed E-state index contributed by atoms with van der Waals surface area (Å²) in [4.78, 5) is 23.1. The lowest BCUT2D eigenvalue weighted by Gasteiger charge is -2.16. The molecule has 0 fully saturated rings. The Hall–Kier alpha value is -3.54. The van der Waals surface area contributed by atoms with E-state index in [-0.39, 0.29) is 11.3 Å². The predicted molar refractivity (Wildman–Crippen MR) is 111 cm³/mol. The van der Waals surface area contributed by atoms with Crippen molar-refractivity contribution < 1.29 is 28.9 Å². The molecule has 1 N–H and O–H groups in total. The third-order valence-electron chi connectivity index (χ3n) is 4.34. The number of rotatable bonds is 9. The van der Waals surface area contributed by atoms with Crippen LogP contribution in [0.3, 0.4) is 0 Å². The Kier molecular flexibility index (Phi) is 7.60. The molecule has 0 heterocycles. The summed E-state index contributed by atoms with van der Waals surface area (Å²) >= 11 is 0. The maximum Gasteiger partial charge on any atom is 0.342 e. The third-order valence-corrected chi connectivity index (χ3v) is 4.34. The van der Waals surface area contributed by atoms with Crippen molar-refractivity contribution in [3.63, 3.8) is 0 Å². The number of carbonyl (C=O) groups is 2. The van der Waals surface area contributed by atoms with Crippen molar-refractivity contribution in [1.29, 1.82) is 0 Å². The molecule has 0 spiro atoms. The fraction of sp³-hybridized carbons (Fsp3) is 0.217. The first-order valence-electron chi connectivity index (χ1n) is 8.95. The van der Waals surface area contributed by atoms with Crippen LogP contribution in [0.2, 0.25) is 0 Å². The average molecular weight is 396 g/mol. The highest BCUT2D eigenvalue weighted by atomic mass is 16.5. The van der Waals surface area contributed by atoms with E-state index in [2.05, 4.69) is 6.58 Å². The zero-order valence-corrected chi connectivity index (χ0v) is 16.7. The van der Waals surface area contributed by atoms with Gasteiger partial charge in [0.15, 0.2) is 0 Å². The van der Waals surface area contributed by atoms with Crippen LogP contribution in [0.15, 0.2) is 42.5 Å². The van der Waals surface area contributed by atoms with Crippen molar-refractivity contribution in [3.05, 3.63) is 64.7 Å². The Balaban J connectivity index is 2.58. The van der Waals surface area contributed by atoms with E-state index in [1.54, 1.807) is 42.5 Å². The summed E-state index contributed by atoms with van der Waals surface area (Å²) in [5, 5.41) is 10.8. The quantitative estimate of drug-likeness (QED) is 0.293. The molecule has 0 bridgehead atoms. The van der Waals surface area contributed by atoms with Gasteiger partial charge in [0.1, 0.15) is 22.8 Å². The average Bonchev–Trinajstić information content (AvgIpc) is 2.71. The highest BCUT2D eigenvalue weighted by Crippen LogP contribution is 2.37. The predicted octanol–water partition coefficient (Wildman–Crippen LogP) is 4.40. The largest absolute Gasteiger partial charge is 0.507 e. The highest BCUT2D eigenvalue weighted by Gasteiger charge is 2.23. The second-order valence-electron chi connectivity index (χ2n) is 6.40. The summed E-state index contributed by atoms with van der Waals surface area (Å²) in [5.41, 5.74) is 2.53. The zero-order valence-electron chi connectivity index (χ0n) is 16.7. The molecular weight excluding hydrogens is 372 g/mol. The first-order chi connectivity index (χ1) is 13.9. The number of methoxy groups -OCH3 is 2. The molecule has 0 aliphatic rings. The van der Waals surface area contributed by atoms with Crippen molar-refractivity contribution in [2.45, 2.75) is 19.8 Å². The van der Waals surface area contributed by atoms with Crippen LogP contribution in [0.4, 0.5) is 0 Å². The van der Waals surface area contributed by atoms with Crippen LogP contribution in [0.1, 0.15) is 40.4 Å². The minimum absolute atomic E-state index is 0.0371. The third kappa shape index (κ3) is 5.25. The summed E-state index contributed by atoms with van der Waals surface area (Å²) in [6, 6.07) is 8.59. The van der Waals surface area contributed by atoms with Crippen molar-refractivity contribution in [2.24, 2.45) is 0 Å². The molecular formula is C23H24O6. The molecule has 152 valence electrons. The van der Waals surface area contributed by atoms with Crippen LogP contribution in [-0.4, -0.2) is 31.8 Å². The van der Waals surface area contributed by atoms with E-state index in [4.69, 9.17) is 14.2 Å². The molecule has 2 aromatic rings. The number of carbonyl (C=O) groups excluding carboxylic acids is 2. The van der Waals surface area contributed by atoms with Crippen LogP contribution >= 0.6 is 0 Å². The van der Waals surface area contributed by atoms with E-state index in [1.807, 2.05) is 6.92 Å². The number of para-hydroxylation sites is 1. The van der Waals surface area contributed by atoms with Gasteiger partial charge in [-0.3, -0.25) is 4.79 Å². The Morgan fingerprint density at radius 3 is 2.45 bits per heavy atom. The summed E-state index contributed by atoms with van der Waals surface area (Å²) in [6.07, 6.45) is 4.40.